The Morgan fingerprint density at radius 1 is 1.68 bits per heavy atom. The van der Waals surface area contributed by atoms with E-state index in [9.17, 15) is 20.0 Å². The molecule has 0 saturated carbocycles. The molecule has 1 atom stereocenters. The third-order valence-corrected chi connectivity index (χ3v) is 2.89. The van der Waals surface area contributed by atoms with Gasteiger partial charge in [0.15, 0.2) is 0 Å². The maximum atomic E-state index is 11.9. The predicted molar refractivity (Wildman–Crippen MR) is 69.1 cm³/mol. The smallest absolute Gasteiger partial charge is 0.300 e. The van der Waals surface area contributed by atoms with Gasteiger partial charge in [-0.3, -0.25) is 14.9 Å². The topological polar surface area (TPSA) is 105 Å². The highest BCUT2D eigenvalue weighted by molar-refractivity contribution is 6.29. The Labute approximate surface area is 114 Å². The molecule has 0 bridgehead atoms. The standard InChI is InChI=1S/C11H14ClN3O4/c1-3-11(2,17)6-14-10(16)7-4-9(12)13-5-8(7)15(18)19/h4-5,17H,3,6H2,1-2H3,(H,14,16). The number of hydrogen-bond acceptors (Lipinski definition) is 5. The molecule has 1 unspecified atom stereocenters. The zero-order valence-electron chi connectivity index (χ0n) is 10.5. The van der Waals surface area contributed by atoms with Gasteiger partial charge in [-0.15, -0.1) is 0 Å². The fraction of sp³-hybridized carbons (Fsp3) is 0.455. The van der Waals surface area contributed by atoms with E-state index in [1.807, 2.05) is 0 Å². The van der Waals surface area contributed by atoms with E-state index in [2.05, 4.69) is 10.3 Å². The van der Waals surface area contributed by atoms with Crippen LogP contribution in [-0.2, 0) is 0 Å². The molecule has 1 rings (SSSR count). The third-order valence-electron chi connectivity index (χ3n) is 2.68. The Morgan fingerprint density at radius 3 is 2.84 bits per heavy atom. The minimum atomic E-state index is -1.07. The van der Waals surface area contributed by atoms with Gasteiger partial charge in [-0.1, -0.05) is 18.5 Å². The highest BCUT2D eigenvalue weighted by Gasteiger charge is 2.24. The summed E-state index contributed by atoms with van der Waals surface area (Å²) in [6, 6.07) is 1.12. The van der Waals surface area contributed by atoms with Gasteiger partial charge in [0.25, 0.3) is 11.6 Å². The predicted octanol–water partition coefficient (Wildman–Crippen LogP) is 1.53. The summed E-state index contributed by atoms with van der Waals surface area (Å²) in [6.45, 7) is 3.30. The van der Waals surface area contributed by atoms with Crippen molar-refractivity contribution in [2.75, 3.05) is 6.54 Å². The molecule has 0 aliphatic rings. The summed E-state index contributed by atoms with van der Waals surface area (Å²) in [6.07, 6.45) is 1.36. The van der Waals surface area contributed by atoms with Crippen LogP contribution in [0.15, 0.2) is 12.3 Å². The van der Waals surface area contributed by atoms with Crippen molar-refractivity contribution in [3.05, 3.63) is 33.1 Å². The van der Waals surface area contributed by atoms with E-state index in [-0.39, 0.29) is 17.3 Å². The first-order valence-electron chi connectivity index (χ1n) is 5.57. The van der Waals surface area contributed by atoms with Crippen molar-refractivity contribution in [1.82, 2.24) is 10.3 Å². The average molecular weight is 288 g/mol. The normalized spacial score (nSPS) is 13.7. The van der Waals surface area contributed by atoms with Crippen molar-refractivity contribution in [3.63, 3.8) is 0 Å². The van der Waals surface area contributed by atoms with Crippen LogP contribution in [0.25, 0.3) is 0 Å². The van der Waals surface area contributed by atoms with Gasteiger partial charge in [0.1, 0.15) is 16.9 Å². The van der Waals surface area contributed by atoms with Crippen LogP contribution in [0.1, 0.15) is 30.6 Å². The number of halogens is 1. The van der Waals surface area contributed by atoms with Crippen LogP contribution in [0.2, 0.25) is 5.15 Å². The van der Waals surface area contributed by atoms with E-state index in [0.717, 1.165) is 12.3 Å². The lowest BCUT2D eigenvalue weighted by Crippen LogP contribution is -2.40. The van der Waals surface area contributed by atoms with E-state index in [0.29, 0.717) is 6.42 Å². The second-order valence-electron chi connectivity index (χ2n) is 4.31. The molecule has 0 saturated heterocycles. The largest absolute Gasteiger partial charge is 0.388 e. The number of rotatable bonds is 5. The maximum absolute atomic E-state index is 11.9. The Bertz CT molecular complexity index is 505. The molecule has 104 valence electrons. The number of nitrogens with zero attached hydrogens (tertiary/aromatic N) is 2. The fourth-order valence-electron chi connectivity index (χ4n) is 1.24. The van der Waals surface area contributed by atoms with Gasteiger partial charge in [0, 0.05) is 6.54 Å². The van der Waals surface area contributed by atoms with Crippen molar-refractivity contribution in [2.24, 2.45) is 0 Å². The fourth-order valence-corrected chi connectivity index (χ4v) is 1.40. The van der Waals surface area contributed by atoms with E-state index >= 15 is 0 Å². The molecule has 0 fully saturated rings. The second kappa shape index (κ2) is 5.94. The van der Waals surface area contributed by atoms with Crippen LogP contribution >= 0.6 is 11.6 Å². The van der Waals surface area contributed by atoms with E-state index < -0.39 is 22.1 Å². The molecular formula is C11H14ClN3O4. The van der Waals surface area contributed by atoms with Gasteiger partial charge >= 0.3 is 0 Å². The molecule has 19 heavy (non-hydrogen) atoms. The number of aromatic nitrogens is 1. The number of amides is 1. The van der Waals surface area contributed by atoms with E-state index in [1.54, 1.807) is 13.8 Å². The van der Waals surface area contributed by atoms with Crippen molar-refractivity contribution < 1.29 is 14.8 Å². The molecule has 8 heteroatoms. The lowest BCUT2D eigenvalue weighted by Gasteiger charge is -2.21. The molecule has 0 radical (unpaired) electrons. The van der Waals surface area contributed by atoms with Crippen molar-refractivity contribution in [3.8, 4) is 0 Å². The lowest BCUT2D eigenvalue weighted by atomic mass is 10.0. The molecule has 0 aliphatic heterocycles. The highest BCUT2D eigenvalue weighted by Crippen LogP contribution is 2.20. The molecule has 1 heterocycles. The van der Waals surface area contributed by atoms with Crippen LogP contribution in [0.5, 0.6) is 0 Å². The number of hydrogen-bond donors (Lipinski definition) is 2. The molecule has 1 aromatic heterocycles. The van der Waals surface area contributed by atoms with Crippen molar-refractivity contribution >= 4 is 23.2 Å². The molecule has 2 N–H and O–H groups in total. The number of nitro groups is 1. The maximum Gasteiger partial charge on any atom is 0.300 e. The molecule has 1 amide bonds. The van der Waals surface area contributed by atoms with Crippen LogP contribution in [0.3, 0.4) is 0 Å². The van der Waals surface area contributed by atoms with Gasteiger partial charge in [-0.05, 0) is 19.4 Å². The molecule has 0 aliphatic carbocycles. The van der Waals surface area contributed by atoms with Crippen LogP contribution in [-0.4, -0.2) is 33.1 Å². The third kappa shape index (κ3) is 4.15. The Kier molecular flexibility index (Phi) is 4.79. The first-order chi connectivity index (χ1) is 8.76. The Hall–Kier alpha value is -1.73. The number of nitrogens with one attached hydrogen (secondary N) is 1. The lowest BCUT2D eigenvalue weighted by molar-refractivity contribution is -0.385. The van der Waals surface area contributed by atoms with Gasteiger partial charge in [-0.2, -0.15) is 0 Å². The van der Waals surface area contributed by atoms with Gasteiger partial charge < -0.3 is 10.4 Å². The zero-order chi connectivity index (χ0) is 14.6. The Morgan fingerprint density at radius 2 is 2.32 bits per heavy atom. The summed E-state index contributed by atoms with van der Waals surface area (Å²) in [7, 11) is 0. The minimum absolute atomic E-state index is 0.0145. The molecule has 0 aromatic carbocycles. The summed E-state index contributed by atoms with van der Waals surface area (Å²) in [5.74, 6) is -0.676. The number of carbonyl (C=O) groups excluding carboxylic acids is 1. The van der Waals surface area contributed by atoms with Gasteiger partial charge in [0.05, 0.1) is 10.5 Å². The van der Waals surface area contributed by atoms with E-state index in [4.69, 9.17) is 11.6 Å². The summed E-state index contributed by atoms with van der Waals surface area (Å²) < 4.78 is 0. The molecule has 0 spiro atoms. The highest BCUT2D eigenvalue weighted by atomic mass is 35.5. The summed E-state index contributed by atoms with van der Waals surface area (Å²) in [5, 5.41) is 23.0. The monoisotopic (exact) mass is 287 g/mol. The minimum Gasteiger partial charge on any atom is -0.388 e. The second-order valence-corrected chi connectivity index (χ2v) is 4.70. The van der Waals surface area contributed by atoms with Crippen LogP contribution in [0, 0.1) is 10.1 Å². The summed E-state index contributed by atoms with van der Waals surface area (Å²) in [4.78, 5) is 25.5. The average Bonchev–Trinajstić information content (AvgIpc) is 2.35. The van der Waals surface area contributed by atoms with Crippen LogP contribution in [0.4, 0.5) is 5.69 Å². The first kappa shape index (κ1) is 15.3. The summed E-state index contributed by atoms with van der Waals surface area (Å²) in [5.41, 5.74) is -1.68. The number of carbonyl (C=O) groups is 1. The number of aliphatic hydroxyl groups is 1. The molecular weight excluding hydrogens is 274 g/mol. The first-order valence-corrected chi connectivity index (χ1v) is 5.95. The SMILES string of the molecule is CCC(C)(O)CNC(=O)c1cc(Cl)ncc1[N+](=O)[O-]. The Balaban J connectivity index is 2.93. The van der Waals surface area contributed by atoms with Crippen molar-refractivity contribution in [1.29, 1.82) is 0 Å². The van der Waals surface area contributed by atoms with Gasteiger partial charge in [0.2, 0.25) is 0 Å². The quantitative estimate of drug-likeness (QED) is 0.485. The molecule has 1 aromatic rings. The van der Waals surface area contributed by atoms with Crippen LogP contribution < -0.4 is 5.32 Å². The van der Waals surface area contributed by atoms with Gasteiger partial charge in [-0.25, -0.2) is 4.98 Å². The van der Waals surface area contributed by atoms with E-state index in [1.165, 1.54) is 0 Å². The van der Waals surface area contributed by atoms with Crippen molar-refractivity contribution in [2.45, 2.75) is 25.9 Å². The summed E-state index contributed by atoms with van der Waals surface area (Å²) >= 11 is 5.62. The number of pyridine rings is 1. The zero-order valence-corrected chi connectivity index (χ0v) is 11.3. The molecule has 7 nitrogen and oxygen atoms in total.